The van der Waals surface area contributed by atoms with Crippen molar-refractivity contribution in [3.05, 3.63) is 41.0 Å². The van der Waals surface area contributed by atoms with Gasteiger partial charge in [0.1, 0.15) is 0 Å². The summed E-state index contributed by atoms with van der Waals surface area (Å²) in [5.74, 6) is -0.133. The van der Waals surface area contributed by atoms with Gasteiger partial charge in [-0.05, 0) is 30.0 Å². The van der Waals surface area contributed by atoms with Crippen molar-refractivity contribution in [2.24, 2.45) is 5.73 Å². The standard InChI is InChI=1S/C14H15NO2/c15-14(17)6-1-3-10-7-8-11-4-2-5-13(16)12(11)9-10/h1,3,7-9H,2,4-6H2,(H2,15,17). The van der Waals surface area contributed by atoms with Crippen LogP contribution in [0.3, 0.4) is 0 Å². The maximum Gasteiger partial charge on any atom is 0.221 e. The number of fused-ring (bicyclic) bond motifs is 1. The number of carbonyl (C=O) groups is 2. The summed E-state index contributed by atoms with van der Waals surface area (Å²) >= 11 is 0. The molecular formula is C14H15NO2. The molecule has 0 radical (unpaired) electrons. The van der Waals surface area contributed by atoms with E-state index in [1.165, 1.54) is 0 Å². The first-order chi connectivity index (χ1) is 8.16. The Morgan fingerprint density at radius 1 is 1.35 bits per heavy atom. The Labute approximate surface area is 100 Å². The second-order valence-corrected chi connectivity index (χ2v) is 4.27. The van der Waals surface area contributed by atoms with Crippen molar-refractivity contribution in [2.75, 3.05) is 0 Å². The molecular weight excluding hydrogens is 214 g/mol. The lowest BCUT2D eigenvalue weighted by Gasteiger charge is -2.14. The van der Waals surface area contributed by atoms with Crippen LogP contribution in [0.1, 0.15) is 40.7 Å². The lowest BCUT2D eigenvalue weighted by Crippen LogP contribution is -2.10. The molecule has 0 saturated heterocycles. The van der Waals surface area contributed by atoms with Gasteiger partial charge in [0.15, 0.2) is 5.78 Å². The van der Waals surface area contributed by atoms with Crippen LogP contribution in [-0.4, -0.2) is 11.7 Å². The molecule has 0 aromatic heterocycles. The summed E-state index contributed by atoms with van der Waals surface area (Å²) in [4.78, 5) is 22.3. The Hall–Kier alpha value is -1.90. The molecule has 17 heavy (non-hydrogen) atoms. The first kappa shape index (κ1) is 11.6. The van der Waals surface area contributed by atoms with Gasteiger partial charge in [0.05, 0.1) is 0 Å². The molecule has 1 aromatic carbocycles. The molecule has 0 fully saturated rings. The second kappa shape index (κ2) is 4.95. The topological polar surface area (TPSA) is 60.2 Å². The third-order valence-corrected chi connectivity index (χ3v) is 2.91. The monoisotopic (exact) mass is 229 g/mol. The summed E-state index contributed by atoms with van der Waals surface area (Å²) in [6.07, 6.45) is 6.34. The average molecular weight is 229 g/mol. The Bertz CT molecular complexity index is 489. The van der Waals surface area contributed by atoms with Gasteiger partial charge in [-0.25, -0.2) is 0 Å². The maximum atomic E-state index is 11.7. The molecule has 2 rings (SSSR count). The normalized spacial score (nSPS) is 14.9. The van der Waals surface area contributed by atoms with Crippen LogP contribution >= 0.6 is 0 Å². The van der Waals surface area contributed by atoms with Crippen LogP contribution in [0.15, 0.2) is 24.3 Å². The van der Waals surface area contributed by atoms with E-state index in [0.717, 1.165) is 29.5 Å². The third-order valence-electron chi connectivity index (χ3n) is 2.91. The number of rotatable bonds is 3. The van der Waals surface area contributed by atoms with E-state index >= 15 is 0 Å². The Kier molecular flexibility index (Phi) is 3.38. The van der Waals surface area contributed by atoms with Gasteiger partial charge in [-0.15, -0.1) is 0 Å². The Balaban J connectivity index is 2.20. The predicted molar refractivity (Wildman–Crippen MR) is 66.6 cm³/mol. The molecule has 1 aliphatic rings. The van der Waals surface area contributed by atoms with Crippen LogP contribution in [0.2, 0.25) is 0 Å². The van der Waals surface area contributed by atoms with Gasteiger partial charge < -0.3 is 5.73 Å². The van der Waals surface area contributed by atoms with Crippen LogP contribution in [-0.2, 0) is 11.2 Å². The zero-order valence-electron chi connectivity index (χ0n) is 9.61. The lowest BCUT2D eigenvalue weighted by molar-refractivity contribution is -0.117. The summed E-state index contributed by atoms with van der Waals surface area (Å²) < 4.78 is 0. The number of hydrogen-bond acceptors (Lipinski definition) is 2. The first-order valence-corrected chi connectivity index (χ1v) is 5.78. The fourth-order valence-electron chi connectivity index (χ4n) is 2.06. The molecule has 3 heteroatoms. The van der Waals surface area contributed by atoms with Crippen molar-refractivity contribution in [3.63, 3.8) is 0 Å². The predicted octanol–water partition coefficient (Wildman–Crippen LogP) is 2.09. The number of Topliss-reactive ketones (excluding diaryl/α,β-unsaturated/α-hetero) is 1. The molecule has 0 aliphatic heterocycles. The van der Waals surface area contributed by atoms with E-state index in [0.29, 0.717) is 6.42 Å². The van der Waals surface area contributed by atoms with Gasteiger partial charge in [0.2, 0.25) is 5.91 Å². The minimum Gasteiger partial charge on any atom is -0.369 e. The van der Waals surface area contributed by atoms with E-state index in [2.05, 4.69) is 0 Å². The fourth-order valence-corrected chi connectivity index (χ4v) is 2.06. The highest BCUT2D eigenvalue weighted by molar-refractivity contribution is 5.99. The van der Waals surface area contributed by atoms with Crippen LogP contribution in [0.5, 0.6) is 0 Å². The van der Waals surface area contributed by atoms with E-state index in [9.17, 15) is 9.59 Å². The minimum atomic E-state index is -0.352. The number of carbonyl (C=O) groups excluding carboxylic acids is 2. The van der Waals surface area contributed by atoms with Gasteiger partial charge in [-0.1, -0.05) is 24.3 Å². The zero-order chi connectivity index (χ0) is 12.3. The number of ketones is 1. The SMILES string of the molecule is NC(=O)CC=Cc1ccc2c(c1)C(=O)CCC2. The molecule has 1 amide bonds. The molecule has 2 N–H and O–H groups in total. The molecule has 1 aliphatic carbocycles. The van der Waals surface area contributed by atoms with Crippen molar-refractivity contribution >= 4 is 17.8 Å². The smallest absolute Gasteiger partial charge is 0.221 e. The van der Waals surface area contributed by atoms with Gasteiger partial charge in [-0.3, -0.25) is 9.59 Å². The maximum absolute atomic E-state index is 11.7. The van der Waals surface area contributed by atoms with Gasteiger partial charge in [0.25, 0.3) is 0 Å². The van der Waals surface area contributed by atoms with E-state index in [-0.39, 0.29) is 18.1 Å². The summed E-state index contributed by atoms with van der Waals surface area (Å²) in [6.45, 7) is 0. The molecule has 0 heterocycles. The van der Waals surface area contributed by atoms with E-state index < -0.39 is 0 Å². The van der Waals surface area contributed by atoms with Crippen LogP contribution in [0.25, 0.3) is 6.08 Å². The zero-order valence-corrected chi connectivity index (χ0v) is 9.61. The summed E-state index contributed by atoms with van der Waals surface area (Å²) in [6, 6.07) is 5.86. The molecule has 0 bridgehead atoms. The number of aryl methyl sites for hydroxylation is 1. The molecule has 88 valence electrons. The largest absolute Gasteiger partial charge is 0.369 e. The van der Waals surface area contributed by atoms with E-state index in [1.54, 1.807) is 6.08 Å². The Morgan fingerprint density at radius 2 is 2.18 bits per heavy atom. The number of primary amides is 1. The molecule has 0 saturated carbocycles. The van der Waals surface area contributed by atoms with Gasteiger partial charge >= 0.3 is 0 Å². The number of amides is 1. The summed E-state index contributed by atoms with van der Waals surface area (Å²) in [5.41, 5.74) is 7.95. The number of benzene rings is 1. The van der Waals surface area contributed by atoms with Crippen molar-refractivity contribution in [1.82, 2.24) is 0 Å². The summed E-state index contributed by atoms with van der Waals surface area (Å²) in [5, 5.41) is 0. The highest BCUT2D eigenvalue weighted by atomic mass is 16.1. The highest BCUT2D eigenvalue weighted by Gasteiger charge is 2.16. The average Bonchev–Trinajstić information content (AvgIpc) is 2.30. The Morgan fingerprint density at radius 3 is 2.94 bits per heavy atom. The quantitative estimate of drug-likeness (QED) is 0.862. The molecule has 1 aromatic rings. The molecule has 0 spiro atoms. The van der Waals surface area contributed by atoms with Crippen LogP contribution in [0.4, 0.5) is 0 Å². The van der Waals surface area contributed by atoms with Crippen molar-refractivity contribution in [2.45, 2.75) is 25.7 Å². The summed E-state index contributed by atoms with van der Waals surface area (Å²) in [7, 11) is 0. The van der Waals surface area contributed by atoms with Crippen LogP contribution < -0.4 is 5.73 Å². The molecule has 3 nitrogen and oxygen atoms in total. The fraction of sp³-hybridized carbons (Fsp3) is 0.286. The van der Waals surface area contributed by atoms with Crippen LogP contribution in [0, 0.1) is 0 Å². The van der Waals surface area contributed by atoms with Crippen molar-refractivity contribution in [3.8, 4) is 0 Å². The second-order valence-electron chi connectivity index (χ2n) is 4.27. The van der Waals surface area contributed by atoms with Gasteiger partial charge in [0, 0.05) is 18.4 Å². The highest BCUT2D eigenvalue weighted by Crippen LogP contribution is 2.22. The first-order valence-electron chi connectivity index (χ1n) is 5.78. The van der Waals surface area contributed by atoms with Crippen molar-refractivity contribution < 1.29 is 9.59 Å². The molecule has 0 unspecified atom stereocenters. The number of nitrogens with two attached hydrogens (primary N) is 1. The molecule has 0 atom stereocenters. The number of hydrogen-bond donors (Lipinski definition) is 1. The van der Waals surface area contributed by atoms with E-state index in [1.807, 2.05) is 24.3 Å². The third kappa shape index (κ3) is 2.81. The lowest BCUT2D eigenvalue weighted by atomic mass is 9.89. The van der Waals surface area contributed by atoms with E-state index in [4.69, 9.17) is 5.73 Å². The van der Waals surface area contributed by atoms with Gasteiger partial charge in [-0.2, -0.15) is 0 Å². The minimum absolute atomic E-state index is 0.219. The van der Waals surface area contributed by atoms with Crippen molar-refractivity contribution in [1.29, 1.82) is 0 Å².